The van der Waals surface area contributed by atoms with E-state index in [-0.39, 0.29) is 22.9 Å². The van der Waals surface area contributed by atoms with E-state index in [1.165, 1.54) is 16.6 Å². The topological polar surface area (TPSA) is 91.4 Å². The standard InChI is InChI=1S/C16H26N4O3S/c1-16(2,3)19-15(21)12-18-14-8-7-13(11-17-14)24(22,23)20-9-5-4-6-10-20/h7-8,11H,4-6,9-10,12H2,1-3H3,(H,17,18)(H,19,21). The lowest BCUT2D eigenvalue weighted by molar-refractivity contribution is -0.120. The molecule has 1 aromatic rings. The Morgan fingerprint density at radius 2 is 1.88 bits per heavy atom. The number of aromatic nitrogens is 1. The zero-order valence-electron chi connectivity index (χ0n) is 14.5. The van der Waals surface area contributed by atoms with Crippen LogP contribution in [-0.4, -0.2) is 48.8 Å². The van der Waals surface area contributed by atoms with E-state index in [4.69, 9.17) is 0 Å². The molecule has 0 aliphatic carbocycles. The lowest BCUT2D eigenvalue weighted by atomic mass is 10.1. The first-order valence-electron chi connectivity index (χ1n) is 8.19. The van der Waals surface area contributed by atoms with Crippen molar-refractivity contribution in [2.24, 2.45) is 0 Å². The molecular formula is C16H26N4O3S. The van der Waals surface area contributed by atoms with E-state index in [9.17, 15) is 13.2 Å². The van der Waals surface area contributed by atoms with Crippen LogP contribution in [0.15, 0.2) is 23.2 Å². The van der Waals surface area contributed by atoms with Gasteiger partial charge in [0, 0.05) is 24.8 Å². The summed E-state index contributed by atoms with van der Waals surface area (Å²) in [6, 6.07) is 3.11. The van der Waals surface area contributed by atoms with Gasteiger partial charge in [-0.25, -0.2) is 13.4 Å². The average molecular weight is 354 g/mol. The van der Waals surface area contributed by atoms with Crippen molar-refractivity contribution in [2.45, 2.75) is 50.5 Å². The van der Waals surface area contributed by atoms with Gasteiger partial charge in [-0.05, 0) is 45.7 Å². The Labute approximate surface area is 143 Å². The maximum atomic E-state index is 12.5. The van der Waals surface area contributed by atoms with E-state index in [1.807, 2.05) is 20.8 Å². The summed E-state index contributed by atoms with van der Waals surface area (Å²) in [5, 5.41) is 5.73. The zero-order valence-corrected chi connectivity index (χ0v) is 15.3. The maximum absolute atomic E-state index is 12.5. The molecule has 0 spiro atoms. The molecule has 1 fully saturated rings. The Hall–Kier alpha value is -1.67. The second-order valence-electron chi connectivity index (χ2n) is 7.00. The number of nitrogens with zero attached hydrogens (tertiary/aromatic N) is 2. The van der Waals surface area contributed by atoms with Gasteiger partial charge in [-0.3, -0.25) is 4.79 Å². The quantitative estimate of drug-likeness (QED) is 0.838. The third kappa shape index (κ3) is 5.17. The second-order valence-corrected chi connectivity index (χ2v) is 8.93. The summed E-state index contributed by atoms with van der Waals surface area (Å²) in [4.78, 5) is 16.1. The first-order valence-corrected chi connectivity index (χ1v) is 9.63. The Morgan fingerprint density at radius 3 is 2.42 bits per heavy atom. The highest BCUT2D eigenvalue weighted by Gasteiger charge is 2.26. The number of amides is 1. The van der Waals surface area contributed by atoms with Crippen LogP contribution in [0, 0.1) is 0 Å². The Balaban J connectivity index is 1.96. The highest BCUT2D eigenvalue weighted by atomic mass is 32.2. The van der Waals surface area contributed by atoms with Gasteiger partial charge in [0.15, 0.2) is 0 Å². The molecule has 8 heteroatoms. The van der Waals surface area contributed by atoms with Crippen molar-refractivity contribution >= 4 is 21.7 Å². The Bertz CT molecular complexity index is 660. The zero-order chi connectivity index (χ0) is 17.8. The average Bonchev–Trinajstić information content (AvgIpc) is 2.52. The molecule has 7 nitrogen and oxygen atoms in total. The highest BCUT2D eigenvalue weighted by molar-refractivity contribution is 7.89. The van der Waals surface area contributed by atoms with Gasteiger partial charge in [-0.1, -0.05) is 6.42 Å². The molecule has 2 rings (SSSR count). The number of carbonyl (C=O) groups is 1. The summed E-state index contributed by atoms with van der Waals surface area (Å²) in [5.41, 5.74) is -0.293. The molecule has 24 heavy (non-hydrogen) atoms. The lowest BCUT2D eigenvalue weighted by Gasteiger charge is -2.25. The van der Waals surface area contributed by atoms with Crippen LogP contribution < -0.4 is 10.6 Å². The van der Waals surface area contributed by atoms with Gasteiger partial charge >= 0.3 is 0 Å². The molecule has 1 saturated heterocycles. The van der Waals surface area contributed by atoms with Gasteiger partial charge in [-0.15, -0.1) is 0 Å². The molecular weight excluding hydrogens is 328 g/mol. The number of nitrogens with one attached hydrogen (secondary N) is 2. The summed E-state index contributed by atoms with van der Waals surface area (Å²) < 4.78 is 26.6. The van der Waals surface area contributed by atoms with Crippen molar-refractivity contribution in [3.63, 3.8) is 0 Å². The minimum atomic E-state index is -3.47. The van der Waals surface area contributed by atoms with E-state index in [1.54, 1.807) is 6.07 Å². The highest BCUT2D eigenvalue weighted by Crippen LogP contribution is 2.20. The fourth-order valence-corrected chi connectivity index (χ4v) is 3.99. The van der Waals surface area contributed by atoms with Gasteiger partial charge in [0.25, 0.3) is 0 Å². The maximum Gasteiger partial charge on any atom is 0.244 e. The molecule has 2 N–H and O–H groups in total. The second kappa shape index (κ2) is 7.48. The fourth-order valence-electron chi connectivity index (χ4n) is 2.53. The number of piperidine rings is 1. The number of sulfonamides is 1. The van der Waals surface area contributed by atoms with Crippen molar-refractivity contribution in [2.75, 3.05) is 25.0 Å². The van der Waals surface area contributed by atoms with E-state index >= 15 is 0 Å². The molecule has 1 aliphatic rings. The SMILES string of the molecule is CC(C)(C)NC(=O)CNc1ccc(S(=O)(=O)N2CCCCC2)cn1. The van der Waals surface area contributed by atoms with Gasteiger partial charge in [0.1, 0.15) is 10.7 Å². The molecule has 134 valence electrons. The summed E-state index contributed by atoms with van der Waals surface area (Å²) >= 11 is 0. The van der Waals surface area contributed by atoms with Crippen molar-refractivity contribution in [1.29, 1.82) is 0 Å². The largest absolute Gasteiger partial charge is 0.361 e. The summed E-state index contributed by atoms with van der Waals surface area (Å²) in [7, 11) is -3.47. The number of hydrogen-bond donors (Lipinski definition) is 2. The smallest absolute Gasteiger partial charge is 0.244 e. The van der Waals surface area contributed by atoms with Crippen LogP contribution in [0.3, 0.4) is 0 Å². The van der Waals surface area contributed by atoms with Crippen LogP contribution in [0.5, 0.6) is 0 Å². The van der Waals surface area contributed by atoms with Gasteiger partial charge in [0.05, 0.1) is 6.54 Å². The van der Waals surface area contributed by atoms with E-state index < -0.39 is 10.0 Å². The van der Waals surface area contributed by atoms with Crippen LogP contribution in [0.25, 0.3) is 0 Å². The van der Waals surface area contributed by atoms with Crippen LogP contribution in [0.2, 0.25) is 0 Å². The first-order chi connectivity index (χ1) is 11.2. The Morgan fingerprint density at radius 1 is 1.21 bits per heavy atom. The molecule has 0 saturated carbocycles. The third-order valence-corrected chi connectivity index (χ3v) is 5.52. The number of anilines is 1. The first kappa shape index (κ1) is 18.7. The molecule has 0 unspecified atom stereocenters. The van der Waals surface area contributed by atoms with Gasteiger partial charge < -0.3 is 10.6 Å². The Kier molecular flexibility index (Phi) is 5.82. The molecule has 0 bridgehead atoms. The summed E-state index contributed by atoms with van der Waals surface area (Å²) in [6.07, 6.45) is 4.21. The lowest BCUT2D eigenvalue weighted by Crippen LogP contribution is -2.43. The number of carbonyl (C=O) groups excluding carboxylic acids is 1. The molecule has 0 radical (unpaired) electrons. The fraction of sp³-hybridized carbons (Fsp3) is 0.625. The van der Waals surface area contributed by atoms with Crippen LogP contribution in [0.4, 0.5) is 5.82 Å². The van der Waals surface area contributed by atoms with Crippen molar-refractivity contribution in [3.8, 4) is 0 Å². The molecule has 1 aromatic heterocycles. The number of pyridine rings is 1. The molecule has 2 heterocycles. The molecule has 0 aromatic carbocycles. The van der Waals surface area contributed by atoms with E-state index in [0.29, 0.717) is 18.9 Å². The number of rotatable bonds is 5. The summed E-state index contributed by atoms with van der Waals surface area (Å²) in [6.45, 7) is 6.93. The molecule has 1 aliphatic heterocycles. The van der Waals surface area contributed by atoms with Crippen molar-refractivity contribution < 1.29 is 13.2 Å². The van der Waals surface area contributed by atoms with Crippen LogP contribution in [-0.2, 0) is 14.8 Å². The summed E-state index contributed by atoms with van der Waals surface area (Å²) in [5.74, 6) is 0.325. The number of hydrogen-bond acceptors (Lipinski definition) is 5. The molecule has 1 amide bonds. The van der Waals surface area contributed by atoms with E-state index in [0.717, 1.165) is 19.3 Å². The predicted octanol–water partition coefficient (Wildman–Crippen LogP) is 1.58. The van der Waals surface area contributed by atoms with Gasteiger partial charge in [-0.2, -0.15) is 4.31 Å². The molecule has 0 atom stereocenters. The third-order valence-electron chi connectivity index (χ3n) is 3.63. The minimum Gasteiger partial charge on any atom is -0.361 e. The van der Waals surface area contributed by atoms with Crippen molar-refractivity contribution in [1.82, 2.24) is 14.6 Å². The normalized spacial score (nSPS) is 16.6. The monoisotopic (exact) mass is 354 g/mol. The van der Waals surface area contributed by atoms with Gasteiger partial charge in [0.2, 0.25) is 15.9 Å². The predicted molar refractivity (Wildman–Crippen MR) is 93.2 cm³/mol. The van der Waals surface area contributed by atoms with Crippen LogP contribution >= 0.6 is 0 Å². The minimum absolute atomic E-state index is 0.0858. The van der Waals surface area contributed by atoms with Crippen molar-refractivity contribution in [3.05, 3.63) is 18.3 Å². The van der Waals surface area contributed by atoms with Crippen LogP contribution in [0.1, 0.15) is 40.0 Å². The van der Waals surface area contributed by atoms with E-state index in [2.05, 4.69) is 15.6 Å².